The number of H-pyrrole nitrogens is 1. The Hall–Kier alpha value is -1.97. The number of benzene rings is 1. The summed E-state index contributed by atoms with van der Waals surface area (Å²) in [5.41, 5.74) is 7.90. The van der Waals surface area contributed by atoms with E-state index in [-0.39, 0.29) is 6.42 Å². The summed E-state index contributed by atoms with van der Waals surface area (Å²) in [6.07, 6.45) is 1.49. The van der Waals surface area contributed by atoms with Crippen LogP contribution in [0.2, 0.25) is 0 Å². The predicted octanol–water partition coefficient (Wildman–Crippen LogP) is 2.16. The summed E-state index contributed by atoms with van der Waals surface area (Å²) >= 11 is 0. The minimum absolute atomic E-state index is 0.180. The van der Waals surface area contributed by atoms with Crippen LogP contribution in [-0.2, 0) is 11.2 Å². The van der Waals surface area contributed by atoms with E-state index in [0.717, 1.165) is 16.5 Å². The van der Waals surface area contributed by atoms with E-state index in [0.29, 0.717) is 18.7 Å². The molecule has 0 unspecified atom stereocenters. The maximum Gasteiger partial charge on any atom is 0.303 e. The van der Waals surface area contributed by atoms with Gasteiger partial charge in [-0.3, -0.25) is 4.79 Å². The predicted molar refractivity (Wildman–Crippen MR) is 63.3 cm³/mol. The van der Waals surface area contributed by atoms with Crippen LogP contribution < -0.4 is 5.73 Å². The maximum absolute atomic E-state index is 10.4. The van der Waals surface area contributed by atoms with Gasteiger partial charge in [0, 0.05) is 22.9 Å². The van der Waals surface area contributed by atoms with Gasteiger partial charge in [-0.2, -0.15) is 0 Å². The van der Waals surface area contributed by atoms with Crippen LogP contribution in [-0.4, -0.2) is 16.1 Å². The van der Waals surface area contributed by atoms with Gasteiger partial charge in [0.2, 0.25) is 0 Å². The van der Waals surface area contributed by atoms with Gasteiger partial charge in [0.25, 0.3) is 0 Å². The number of nitrogen functional groups attached to an aromatic ring is 1. The quantitative estimate of drug-likeness (QED) is 0.735. The van der Waals surface area contributed by atoms with Crippen molar-refractivity contribution in [1.29, 1.82) is 0 Å². The zero-order chi connectivity index (χ0) is 11.5. The second-order valence-corrected chi connectivity index (χ2v) is 3.81. The zero-order valence-electron chi connectivity index (χ0n) is 8.86. The Morgan fingerprint density at radius 3 is 2.88 bits per heavy atom. The molecule has 2 rings (SSSR count). The number of para-hydroxylation sites is 1. The van der Waals surface area contributed by atoms with Crippen LogP contribution >= 0.6 is 0 Å². The van der Waals surface area contributed by atoms with Gasteiger partial charge in [-0.05, 0) is 18.9 Å². The Bertz CT molecular complexity index is 517. The molecule has 0 spiro atoms. The van der Waals surface area contributed by atoms with Gasteiger partial charge in [-0.1, -0.05) is 18.2 Å². The number of carbonyl (C=O) groups is 1. The second-order valence-electron chi connectivity index (χ2n) is 3.81. The minimum Gasteiger partial charge on any atom is -0.481 e. The molecule has 0 amide bonds. The van der Waals surface area contributed by atoms with Crippen molar-refractivity contribution >= 4 is 22.7 Å². The number of aromatic amines is 1. The standard InChI is InChI=1S/C12H14N2O2/c13-12-9(5-3-7-11(15)16)8-4-1-2-6-10(8)14-12/h1-2,4,6,14H,3,5,7,13H2,(H,15,16). The molecule has 4 heteroatoms. The monoisotopic (exact) mass is 218 g/mol. The number of hydrogen-bond donors (Lipinski definition) is 3. The fraction of sp³-hybridized carbons (Fsp3) is 0.250. The van der Waals surface area contributed by atoms with E-state index in [1.807, 2.05) is 24.3 Å². The van der Waals surface area contributed by atoms with Crippen molar-refractivity contribution in [3.63, 3.8) is 0 Å². The van der Waals surface area contributed by atoms with Crippen LogP contribution in [0.5, 0.6) is 0 Å². The molecule has 0 saturated heterocycles. The van der Waals surface area contributed by atoms with Crippen molar-refractivity contribution in [3.8, 4) is 0 Å². The number of hydrogen-bond acceptors (Lipinski definition) is 2. The first-order valence-electron chi connectivity index (χ1n) is 5.25. The number of anilines is 1. The minimum atomic E-state index is -0.765. The summed E-state index contributed by atoms with van der Waals surface area (Å²) in [7, 11) is 0. The Morgan fingerprint density at radius 2 is 2.12 bits per heavy atom. The summed E-state index contributed by atoms with van der Waals surface area (Å²) in [5, 5.41) is 9.67. The molecule has 0 aliphatic rings. The Kier molecular flexibility index (Phi) is 2.81. The van der Waals surface area contributed by atoms with E-state index in [2.05, 4.69) is 4.98 Å². The average molecular weight is 218 g/mol. The van der Waals surface area contributed by atoms with Crippen molar-refractivity contribution in [3.05, 3.63) is 29.8 Å². The highest BCUT2D eigenvalue weighted by Crippen LogP contribution is 2.25. The maximum atomic E-state index is 10.4. The summed E-state index contributed by atoms with van der Waals surface area (Å²) in [5.74, 6) is -0.120. The lowest BCUT2D eigenvalue weighted by Gasteiger charge is -1.99. The summed E-state index contributed by atoms with van der Waals surface area (Å²) in [4.78, 5) is 13.5. The highest BCUT2D eigenvalue weighted by Gasteiger charge is 2.08. The highest BCUT2D eigenvalue weighted by molar-refractivity contribution is 5.88. The largest absolute Gasteiger partial charge is 0.481 e. The molecular weight excluding hydrogens is 204 g/mol. The van der Waals surface area contributed by atoms with Crippen LogP contribution in [0.4, 0.5) is 5.82 Å². The van der Waals surface area contributed by atoms with Gasteiger partial charge in [-0.15, -0.1) is 0 Å². The van der Waals surface area contributed by atoms with Crippen LogP contribution in [0.3, 0.4) is 0 Å². The van der Waals surface area contributed by atoms with Gasteiger partial charge in [0.05, 0.1) is 0 Å². The first-order valence-corrected chi connectivity index (χ1v) is 5.25. The number of fused-ring (bicyclic) bond motifs is 1. The molecule has 4 N–H and O–H groups in total. The number of carboxylic acids is 1. The van der Waals surface area contributed by atoms with Crippen molar-refractivity contribution in [1.82, 2.24) is 4.98 Å². The van der Waals surface area contributed by atoms with Crippen molar-refractivity contribution in [2.45, 2.75) is 19.3 Å². The van der Waals surface area contributed by atoms with Gasteiger partial charge < -0.3 is 15.8 Å². The Labute approximate surface area is 93.1 Å². The van der Waals surface area contributed by atoms with Gasteiger partial charge >= 0.3 is 5.97 Å². The lowest BCUT2D eigenvalue weighted by Crippen LogP contribution is -1.97. The number of aromatic nitrogens is 1. The van der Waals surface area contributed by atoms with E-state index in [1.54, 1.807) is 0 Å². The fourth-order valence-electron chi connectivity index (χ4n) is 1.91. The van der Waals surface area contributed by atoms with Gasteiger partial charge in [-0.25, -0.2) is 0 Å². The third-order valence-electron chi connectivity index (χ3n) is 2.66. The third-order valence-corrected chi connectivity index (χ3v) is 2.66. The molecule has 0 radical (unpaired) electrons. The molecule has 1 heterocycles. The molecule has 0 aliphatic carbocycles. The number of rotatable bonds is 4. The molecule has 0 saturated carbocycles. The molecular formula is C12H14N2O2. The number of carboxylic acid groups (broad SMARTS) is 1. The fourth-order valence-corrected chi connectivity index (χ4v) is 1.91. The van der Waals surface area contributed by atoms with E-state index >= 15 is 0 Å². The molecule has 16 heavy (non-hydrogen) atoms. The summed E-state index contributed by atoms with van der Waals surface area (Å²) in [6, 6.07) is 7.86. The smallest absolute Gasteiger partial charge is 0.303 e. The normalized spacial score (nSPS) is 10.8. The van der Waals surface area contributed by atoms with Crippen LogP contribution in [0, 0.1) is 0 Å². The molecule has 0 fully saturated rings. The van der Waals surface area contributed by atoms with E-state index in [4.69, 9.17) is 10.8 Å². The van der Waals surface area contributed by atoms with Crippen molar-refractivity contribution in [2.75, 3.05) is 5.73 Å². The summed E-state index contributed by atoms with van der Waals surface area (Å²) in [6.45, 7) is 0. The van der Waals surface area contributed by atoms with Crippen molar-refractivity contribution < 1.29 is 9.90 Å². The lowest BCUT2D eigenvalue weighted by atomic mass is 10.1. The van der Waals surface area contributed by atoms with E-state index in [9.17, 15) is 4.79 Å². The SMILES string of the molecule is Nc1[nH]c2ccccc2c1CCCC(=O)O. The first-order chi connectivity index (χ1) is 7.68. The molecule has 2 aromatic rings. The van der Waals surface area contributed by atoms with Crippen LogP contribution in [0.1, 0.15) is 18.4 Å². The second kappa shape index (κ2) is 4.26. The van der Waals surface area contributed by atoms with Gasteiger partial charge in [0.1, 0.15) is 5.82 Å². The zero-order valence-corrected chi connectivity index (χ0v) is 8.86. The van der Waals surface area contributed by atoms with Crippen LogP contribution in [0.15, 0.2) is 24.3 Å². The molecule has 84 valence electrons. The van der Waals surface area contributed by atoms with E-state index < -0.39 is 5.97 Å². The van der Waals surface area contributed by atoms with Crippen molar-refractivity contribution in [2.24, 2.45) is 0 Å². The Balaban J connectivity index is 2.22. The van der Waals surface area contributed by atoms with E-state index in [1.165, 1.54) is 0 Å². The first kappa shape index (κ1) is 10.5. The number of aliphatic carboxylic acids is 1. The Morgan fingerprint density at radius 1 is 1.38 bits per heavy atom. The lowest BCUT2D eigenvalue weighted by molar-refractivity contribution is -0.137. The highest BCUT2D eigenvalue weighted by atomic mass is 16.4. The molecule has 1 aromatic heterocycles. The summed E-state index contributed by atoms with van der Waals surface area (Å²) < 4.78 is 0. The number of aryl methyl sites for hydroxylation is 1. The molecule has 1 aromatic carbocycles. The third kappa shape index (κ3) is 2.00. The topological polar surface area (TPSA) is 79.1 Å². The number of nitrogens with one attached hydrogen (secondary N) is 1. The average Bonchev–Trinajstić information content (AvgIpc) is 2.55. The molecule has 4 nitrogen and oxygen atoms in total. The van der Waals surface area contributed by atoms with Crippen LogP contribution in [0.25, 0.3) is 10.9 Å². The molecule has 0 bridgehead atoms. The molecule has 0 aliphatic heterocycles. The number of nitrogens with two attached hydrogens (primary N) is 1. The van der Waals surface area contributed by atoms with Gasteiger partial charge in [0.15, 0.2) is 0 Å². The molecule has 0 atom stereocenters.